The van der Waals surface area contributed by atoms with Crippen molar-refractivity contribution in [1.82, 2.24) is 15.2 Å². The minimum absolute atomic E-state index is 0. The molecule has 2 rings (SSSR count). The van der Waals surface area contributed by atoms with Gasteiger partial charge in [0.25, 0.3) is 0 Å². The average molecular weight is 320 g/mol. The van der Waals surface area contributed by atoms with Gasteiger partial charge in [0.15, 0.2) is 0 Å². The molecular weight excluding hydrogens is 302 g/mol. The topological polar surface area (TPSA) is 31.1 Å². The number of nitrogens with zero attached hydrogens (tertiary/aromatic N) is 1. The molecule has 1 aromatic rings. The minimum Gasteiger partial charge on any atom is -0.364 e. The Morgan fingerprint density at radius 1 is 1.21 bits per heavy atom. The van der Waals surface area contributed by atoms with Crippen LogP contribution in [0.25, 0.3) is 0 Å². The van der Waals surface area contributed by atoms with E-state index in [0.29, 0.717) is 18.8 Å². The number of aromatic amines is 1. The van der Waals surface area contributed by atoms with Crippen molar-refractivity contribution in [3.63, 3.8) is 0 Å². The Morgan fingerprint density at radius 2 is 1.84 bits per heavy atom. The van der Waals surface area contributed by atoms with Gasteiger partial charge in [0, 0.05) is 38.1 Å². The Morgan fingerprint density at radius 3 is 2.32 bits per heavy atom. The summed E-state index contributed by atoms with van der Waals surface area (Å²) in [5, 5.41) is 3.14. The molecule has 0 aromatic carbocycles. The second kappa shape index (κ2) is 7.99. The summed E-state index contributed by atoms with van der Waals surface area (Å²) in [5.41, 5.74) is 0.643. The lowest BCUT2D eigenvalue weighted by molar-refractivity contribution is -0.149. The fourth-order valence-corrected chi connectivity index (χ4v) is 2.20. The van der Waals surface area contributed by atoms with Gasteiger partial charge in [-0.1, -0.05) is 0 Å². The molecule has 1 fully saturated rings. The number of hydrogen-bond donors (Lipinski definition) is 2. The number of nitrogens with one attached hydrogen (secondary N) is 2. The number of aromatic nitrogens is 1. The molecule has 112 valence electrons. The smallest absolute Gasteiger partial charge is 0.364 e. The maximum Gasteiger partial charge on any atom is 0.391 e. The predicted molar refractivity (Wildman–Crippen MR) is 73.1 cm³/mol. The zero-order valence-corrected chi connectivity index (χ0v) is 11.9. The highest BCUT2D eigenvalue weighted by Crippen LogP contribution is 2.33. The number of halogens is 5. The molecule has 8 heteroatoms. The van der Waals surface area contributed by atoms with E-state index in [-0.39, 0.29) is 24.8 Å². The van der Waals surface area contributed by atoms with E-state index in [1.807, 2.05) is 4.90 Å². The van der Waals surface area contributed by atoms with Crippen molar-refractivity contribution in [3.8, 4) is 0 Å². The van der Waals surface area contributed by atoms with Crippen LogP contribution in [-0.4, -0.2) is 42.2 Å². The van der Waals surface area contributed by atoms with Crippen molar-refractivity contribution in [3.05, 3.63) is 24.0 Å². The summed E-state index contributed by atoms with van der Waals surface area (Å²) in [6.45, 7) is 2.80. The highest BCUT2D eigenvalue weighted by molar-refractivity contribution is 5.85. The molecule has 1 saturated heterocycles. The van der Waals surface area contributed by atoms with Gasteiger partial charge < -0.3 is 10.3 Å². The summed E-state index contributed by atoms with van der Waals surface area (Å²) < 4.78 is 37.8. The van der Waals surface area contributed by atoms with Crippen molar-refractivity contribution >= 4 is 24.8 Å². The first-order valence-corrected chi connectivity index (χ1v) is 5.71. The van der Waals surface area contributed by atoms with Crippen LogP contribution in [0.5, 0.6) is 0 Å². The Balaban J connectivity index is 0.00000162. The number of alkyl halides is 3. The molecule has 0 amide bonds. The van der Waals surface area contributed by atoms with Crippen LogP contribution in [0.2, 0.25) is 0 Å². The van der Waals surface area contributed by atoms with Crippen molar-refractivity contribution in [2.45, 2.75) is 18.6 Å². The first kappa shape index (κ1) is 18.6. The Labute approximate surface area is 122 Å². The van der Waals surface area contributed by atoms with Gasteiger partial charge in [0.2, 0.25) is 0 Å². The molecule has 0 aliphatic carbocycles. The maximum absolute atomic E-state index is 12.6. The largest absolute Gasteiger partial charge is 0.391 e. The standard InChI is InChI=1S/C11H16F3N3.2ClH/c12-11(13,14)8-10(9-2-1-3-16-9)17-6-4-15-5-7-17;;/h1-3,10,15-16H,4-8H2;2*1H/t10-;;/m1../s1. The van der Waals surface area contributed by atoms with Crippen LogP contribution in [-0.2, 0) is 0 Å². The minimum atomic E-state index is -4.14. The summed E-state index contributed by atoms with van der Waals surface area (Å²) >= 11 is 0. The Hall–Kier alpha value is -0.430. The number of H-pyrrole nitrogens is 1. The lowest BCUT2D eigenvalue weighted by atomic mass is 10.1. The van der Waals surface area contributed by atoms with E-state index < -0.39 is 18.6 Å². The lowest BCUT2D eigenvalue weighted by Crippen LogP contribution is -2.46. The third-order valence-electron chi connectivity index (χ3n) is 3.00. The van der Waals surface area contributed by atoms with Crippen molar-refractivity contribution in [2.24, 2.45) is 0 Å². The molecule has 0 bridgehead atoms. The molecule has 1 atom stereocenters. The Kier molecular flexibility index (Phi) is 7.81. The van der Waals surface area contributed by atoms with E-state index in [1.165, 1.54) is 0 Å². The van der Waals surface area contributed by atoms with Crippen LogP contribution in [0.3, 0.4) is 0 Å². The van der Waals surface area contributed by atoms with Gasteiger partial charge in [-0.25, -0.2) is 0 Å². The molecule has 1 aliphatic heterocycles. The number of rotatable bonds is 3. The third kappa shape index (κ3) is 5.60. The molecule has 2 N–H and O–H groups in total. The van der Waals surface area contributed by atoms with Crippen molar-refractivity contribution in [1.29, 1.82) is 0 Å². The van der Waals surface area contributed by atoms with Gasteiger partial charge in [-0.3, -0.25) is 4.90 Å². The van der Waals surface area contributed by atoms with Gasteiger partial charge >= 0.3 is 6.18 Å². The van der Waals surface area contributed by atoms with Crippen LogP contribution in [0.15, 0.2) is 18.3 Å². The fourth-order valence-electron chi connectivity index (χ4n) is 2.20. The summed E-state index contributed by atoms with van der Waals surface area (Å²) in [4.78, 5) is 4.78. The van der Waals surface area contributed by atoms with Crippen molar-refractivity contribution in [2.75, 3.05) is 26.2 Å². The lowest BCUT2D eigenvalue weighted by Gasteiger charge is -2.34. The second-order valence-electron chi connectivity index (χ2n) is 4.25. The molecule has 0 spiro atoms. The quantitative estimate of drug-likeness (QED) is 0.897. The van der Waals surface area contributed by atoms with Gasteiger partial charge in [0.1, 0.15) is 0 Å². The van der Waals surface area contributed by atoms with Crippen LogP contribution >= 0.6 is 24.8 Å². The zero-order chi connectivity index (χ0) is 12.3. The molecule has 2 heterocycles. The summed E-state index contributed by atoms with van der Waals surface area (Å²) in [5.74, 6) is 0. The molecule has 3 nitrogen and oxygen atoms in total. The number of piperazine rings is 1. The van der Waals surface area contributed by atoms with Crippen LogP contribution in [0.4, 0.5) is 13.2 Å². The summed E-state index contributed by atoms with van der Waals surface area (Å²) in [6.07, 6.45) is -3.27. The normalized spacial score (nSPS) is 18.3. The van der Waals surface area contributed by atoms with E-state index in [4.69, 9.17) is 0 Å². The van der Waals surface area contributed by atoms with Gasteiger partial charge in [-0.15, -0.1) is 24.8 Å². The highest BCUT2D eigenvalue weighted by Gasteiger charge is 2.36. The van der Waals surface area contributed by atoms with E-state index >= 15 is 0 Å². The van der Waals surface area contributed by atoms with E-state index in [0.717, 1.165) is 13.1 Å². The monoisotopic (exact) mass is 319 g/mol. The number of hydrogen-bond acceptors (Lipinski definition) is 2. The van der Waals surface area contributed by atoms with Crippen LogP contribution in [0, 0.1) is 0 Å². The summed E-state index contributed by atoms with van der Waals surface area (Å²) in [6, 6.07) is 2.87. The molecule has 0 unspecified atom stereocenters. The predicted octanol–water partition coefficient (Wildman–Crippen LogP) is 2.76. The molecule has 0 saturated carbocycles. The average Bonchev–Trinajstić information content (AvgIpc) is 2.79. The van der Waals surface area contributed by atoms with Crippen LogP contribution < -0.4 is 5.32 Å². The van der Waals surface area contributed by atoms with Crippen LogP contribution in [0.1, 0.15) is 18.2 Å². The van der Waals surface area contributed by atoms with E-state index in [9.17, 15) is 13.2 Å². The first-order chi connectivity index (χ1) is 8.06. The van der Waals surface area contributed by atoms with Gasteiger partial charge in [0.05, 0.1) is 12.5 Å². The first-order valence-electron chi connectivity index (χ1n) is 5.71. The summed E-state index contributed by atoms with van der Waals surface area (Å²) in [7, 11) is 0. The van der Waals surface area contributed by atoms with Crippen molar-refractivity contribution < 1.29 is 13.2 Å². The van der Waals surface area contributed by atoms with Gasteiger partial charge in [-0.05, 0) is 12.1 Å². The fraction of sp³-hybridized carbons (Fsp3) is 0.636. The molecular formula is C11H18Cl2F3N3. The Bertz CT molecular complexity index is 337. The molecule has 1 aromatic heterocycles. The second-order valence-corrected chi connectivity index (χ2v) is 4.25. The van der Waals surface area contributed by atoms with E-state index in [2.05, 4.69) is 10.3 Å². The third-order valence-corrected chi connectivity index (χ3v) is 3.00. The highest BCUT2D eigenvalue weighted by atomic mass is 35.5. The SMILES string of the molecule is Cl.Cl.FC(F)(F)C[C@H](c1ccc[nH]1)N1CCNCC1. The van der Waals surface area contributed by atoms with E-state index in [1.54, 1.807) is 18.3 Å². The van der Waals surface area contributed by atoms with Gasteiger partial charge in [-0.2, -0.15) is 13.2 Å². The molecule has 19 heavy (non-hydrogen) atoms. The molecule has 0 radical (unpaired) electrons. The molecule has 1 aliphatic rings. The zero-order valence-electron chi connectivity index (χ0n) is 10.2. The maximum atomic E-state index is 12.6.